The van der Waals surface area contributed by atoms with Gasteiger partial charge in [0.25, 0.3) is 0 Å². The zero-order valence-corrected chi connectivity index (χ0v) is 12.8. The third-order valence-corrected chi connectivity index (χ3v) is 3.84. The third kappa shape index (κ3) is 2.88. The van der Waals surface area contributed by atoms with E-state index in [0.29, 0.717) is 23.4 Å². The Morgan fingerprint density at radius 1 is 1.26 bits per heavy atom. The SMILES string of the molecule is Cc1nc(N)ccc1Oc1ccnc(-c2cnn(C3CC3)c2)c1. The number of nitrogens with zero attached hydrogens (tertiary/aromatic N) is 4. The zero-order valence-electron chi connectivity index (χ0n) is 12.8. The Bertz CT molecular complexity index is 854. The van der Waals surface area contributed by atoms with Crippen LogP contribution < -0.4 is 10.5 Å². The highest BCUT2D eigenvalue weighted by Crippen LogP contribution is 2.35. The first kappa shape index (κ1) is 13.8. The van der Waals surface area contributed by atoms with Gasteiger partial charge >= 0.3 is 0 Å². The lowest BCUT2D eigenvalue weighted by Gasteiger charge is -2.09. The number of anilines is 1. The van der Waals surface area contributed by atoms with Crippen molar-refractivity contribution in [1.82, 2.24) is 19.7 Å². The van der Waals surface area contributed by atoms with E-state index in [-0.39, 0.29) is 0 Å². The number of hydrogen-bond donors (Lipinski definition) is 1. The molecule has 23 heavy (non-hydrogen) atoms. The third-order valence-electron chi connectivity index (χ3n) is 3.84. The summed E-state index contributed by atoms with van der Waals surface area (Å²) in [7, 11) is 0. The van der Waals surface area contributed by atoms with Gasteiger partial charge in [-0.15, -0.1) is 0 Å². The topological polar surface area (TPSA) is 78.8 Å². The number of aromatic nitrogens is 4. The van der Waals surface area contributed by atoms with Gasteiger partial charge in [-0.25, -0.2) is 4.98 Å². The van der Waals surface area contributed by atoms with E-state index < -0.39 is 0 Å². The number of rotatable bonds is 4. The molecular formula is C17H17N5O. The van der Waals surface area contributed by atoms with Crippen molar-refractivity contribution in [3.8, 4) is 22.8 Å². The fourth-order valence-corrected chi connectivity index (χ4v) is 2.44. The van der Waals surface area contributed by atoms with Crippen LogP contribution in [0.15, 0.2) is 42.9 Å². The van der Waals surface area contributed by atoms with E-state index in [0.717, 1.165) is 17.0 Å². The standard InChI is InChI=1S/C17H17N5O/c1-11-16(4-5-17(18)21-11)23-14-6-7-19-15(8-14)12-9-20-22(10-12)13-2-3-13/h4-10,13H,2-3H2,1H3,(H2,18,21). The maximum Gasteiger partial charge on any atom is 0.148 e. The average molecular weight is 307 g/mol. The van der Waals surface area contributed by atoms with Crippen LogP contribution in [0.4, 0.5) is 5.82 Å². The molecule has 1 saturated carbocycles. The minimum atomic E-state index is 0.484. The van der Waals surface area contributed by atoms with Gasteiger partial charge in [0.2, 0.25) is 0 Å². The van der Waals surface area contributed by atoms with Crippen LogP contribution in [0.3, 0.4) is 0 Å². The molecule has 3 heterocycles. The van der Waals surface area contributed by atoms with Crippen LogP contribution in [0, 0.1) is 6.92 Å². The monoisotopic (exact) mass is 307 g/mol. The van der Waals surface area contributed by atoms with Crippen molar-refractivity contribution in [1.29, 1.82) is 0 Å². The highest BCUT2D eigenvalue weighted by molar-refractivity contribution is 5.59. The molecule has 3 aromatic heterocycles. The Morgan fingerprint density at radius 2 is 2.13 bits per heavy atom. The average Bonchev–Trinajstić information content (AvgIpc) is 3.28. The molecule has 116 valence electrons. The number of nitrogens with two attached hydrogens (primary N) is 1. The van der Waals surface area contributed by atoms with Gasteiger partial charge in [-0.1, -0.05) is 0 Å². The fourth-order valence-electron chi connectivity index (χ4n) is 2.44. The Balaban J connectivity index is 1.60. The Hall–Kier alpha value is -2.89. The second-order valence-electron chi connectivity index (χ2n) is 5.74. The van der Waals surface area contributed by atoms with Gasteiger partial charge in [0.1, 0.15) is 17.3 Å². The molecule has 6 nitrogen and oxygen atoms in total. The normalized spacial score (nSPS) is 14.0. The van der Waals surface area contributed by atoms with Gasteiger partial charge in [-0.05, 0) is 38.0 Å². The van der Waals surface area contributed by atoms with E-state index in [1.807, 2.05) is 42.2 Å². The Kier molecular flexibility index (Phi) is 3.22. The van der Waals surface area contributed by atoms with Gasteiger partial charge < -0.3 is 10.5 Å². The lowest BCUT2D eigenvalue weighted by atomic mass is 10.2. The van der Waals surface area contributed by atoms with Crippen LogP contribution in [0.25, 0.3) is 11.3 Å². The number of hydrogen-bond acceptors (Lipinski definition) is 5. The Labute approximate surface area is 133 Å². The summed E-state index contributed by atoms with van der Waals surface area (Å²) in [5.74, 6) is 1.88. The van der Waals surface area contributed by atoms with Gasteiger partial charge in [-0.2, -0.15) is 5.10 Å². The van der Waals surface area contributed by atoms with Crippen LogP contribution in [-0.2, 0) is 0 Å². The predicted octanol–water partition coefficient (Wildman–Crippen LogP) is 3.36. The molecule has 0 aromatic carbocycles. The van der Waals surface area contributed by atoms with Crippen molar-refractivity contribution in [3.05, 3.63) is 48.5 Å². The summed E-state index contributed by atoms with van der Waals surface area (Å²) in [5, 5.41) is 4.40. The van der Waals surface area contributed by atoms with Gasteiger partial charge in [0.15, 0.2) is 0 Å². The molecule has 0 radical (unpaired) electrons. The van der Waals surface area contributed by atoms with Crippen molar-refractivity contribution in [2.75, 3.05) is 5.73 Å². The zero-order chi connectivity index (χ0) is 15.8. The highest BCUT2D eigenvalue weighted by Gasteiger charge is 2.24. The van der Waals surface area contributed by atoms with E-state index in [2.05, 4.69) is 15.1 Å². The Morgan fingerprint density at radius 3 is 2.91 bits per heavy atom. The molecule has 2 N–H and O–H groups in total. The lowest BCUT2D eigenvalue weighted by Crippen LogP contribution is -1.95. The first-order valence-electron chi connectivity index (χ1n) is 7.60. The lowest BCUT2D eigenvalue weighted by molar-refractivity contribution is 0.475. The number of pyridine rings is 2. The fraction of sp³-hybridized carbons (Fsp3) is 0.235. The molecule has 1 fully saturated rings. The molecule has 4 rings (SSSR count). The largest absolute Gasteiger partial charge is 0.455 e. The molecule has 0 aliphatic heterocycles. The van der Waals surface area contributed by atoms with Crippen LogP contribution >= 0.6 is 0 Å². The highest BCUT2D eigenvalue weighted by atomic mass is 16.5. The first-order valence-corrected chi connectivity index (χ1v) is 7.60. The first-order chi connectivity index (χ1) is 11.2. The van der Waals surface area contributed by atoms with Crippen molar-refractivity contribution in [3.63, 3.8) is 0 Å². The molecule has 0 amide bonds. The summed E-state index contributed by atoms with van der Waals surface area (Å²) in [4.78, 5) is 8.62. The summed E-state index contributed by atoms with van der Waals surface area (Å²) >= 11 is 0. The van der Waals surface area contributed by atoms with E-state index in [4.69, 9.17) is 10.5 Å². The predicted molar refractivity (Wildman–Crippen MR) is 87.2 cm³/mol. The quantitative estimate of drug-likeness (QED) is 0.799. The molecule has 0 atom stereocenters. The van der Waals surface area contributed by atoms with Gasteiger partial charge in [-0.3, -0.25) is 9.67 Å². The molecule has 6 heteroatoms. The smallest absolute Gasteiger partial charge is 0.148 e. The van der Waals surface area contributed by atoms with Crippen LogP contribution in [0.5, 0.6) is 11.5 Å². The molecule has 1 aliphatic carbocycles. The summed E-state index contributed by atoms with van der Waals surface area (Å²) in [5.41, 5.74) is 8.26. The van der Waals surface area contributed by atoms with Crippen LogP contribution in [-0.4, -0.2) is 19.7 Å². The molecule has 3 aromatic rings. The maximum atomic E-state index is 5.91. The summed E-state index contributed by atoms with van der Waals surface area (Å²) in [6, 6.07) is 7.84. The van der Waals surface area contributed by atoms with Crippen LogP contribution in [0.2, 0.25) is 0 Å². The number of nitrogen functional groups attached to an aromatic ring is 1. The molecular weight excluding hydrogens is 290 g/mol. The molecule has 0 unspecified atom stereocenters. The molecule has 1 aliphatic rings. The van der Waals surface area contributed by atoms with Crippen molar-refractivity contribution in [2.45, 2.75) is 25.8 Å². The van der Waals surface area contributed by atoms with E-state index >= 15 is 0 Å². The van der Waals surface area contributed by atoms with E-state index in [1.54, 1.807) is 12.3 Å². The van der Waals surface area contributed by atoms with Crippen molar-refractivity contribution in [2.24, 2.45) is 0 Å². The maximum absolute atomic E-state index is 5.91. The second-order valence-corrected chi connectivity index (χ2v) is 5.74. The minimum absolute atomic E-state index is 0.484. The van der Waals surface area contributed by atoms with Crippen molar-refractivity contribution < 1.29 is 4.74 Å². The summed E-state index contributed by atoms with van der Waals surface area (Å²) < 4.78 is 7.92. The summed E-state index contributed by atoms with van der Waals surface area (Å²) in [6.07, 6.45) is 8.04. The summed E-state index contributed by atoms with van der Waals surface area (Å²) in [6.45, 7) is 1.87. The number of aryl methyl sites for hydroxylation is 1. The number of ether oxygens (including phenoxy) is 1. The van der Waals surface area contributed by atoms with E-state index in [1.165, 1.54) is 12.8 Å². The van der Waals surface area contributed by atoms with Crippen LogP contribution in [0.1, 0.15) is 24.6 Å². The van der Waals surface area contributed by atoms with E-state index in [9.17, 15) is 0 Å². The van der Waals surface area contributed by atoms with Crippen molar-refractivity contribution >= 4 is 5.82 Å². The minimum Gasteiger partial charge on any atom is -0.455 e. The van der Waals surface area contributed by atoms with Gasteiger partial charge in [0.05, 0.1) is 23.6 Å². The molecule has 0 spiro atoms. The second kappa shape index (κ2) is 5.39. The molecule has 0 saturated heterocycles. The molecule has 0 bridgehead atoms. The van der Waals surface area contributed by atoms with Gasteiger partial charge in [0, 0.05) is 24.0 Å².